The molecule has 1 amide bonds. The Labute approximate surface area is 212 Å². The molecule has 0 bridgehead atoms. The van der Waals surface area contributed by atoms with Crippen molar-refractivity contribution in [2.75, 3.05) is 6.54 Å². The van der Waals surface area contributed by atoms with Crippen molar-refractivity contribution < 1.29 is 4.79 Å². The fourth-order valence-corrected chi connectivity index (χ4v) is 4.38. The summed E-state index contributed by atoms with van der Waals surface area (Å²) >= 11 is 0. The van der Waals surface area contributed by atoms with Crippen molar-refractivity contribution in [1.29, 1.82) is 0 Å². The first kappa shape index (κ1) is 24.1. The van der Waals surface area contributed by atoms with Crippen LogP contribution in [0.15, 0.2) is 64.7 Å². The molecule has 5 rings (SSSR count). The van der Waals surface area contributed by atoms with Gasteiger partial charge in [0.05, 0.1) is 24.7 Å². The normalized spacial score (nSPS) is 11.3. The molecule has 0 fully saturated rings. The quantitative estimate of drug-likeness (QED) is 0.369. The van der Waals surface area contributed by atoms with Gasteiger partial charge in [0.15, 0.2) is 5.65 Å². The van der Waals surface area contributed by atoms with Gasteiger partial charge in [0.2, 0.25) is 5.43 Å². The van der Waals surface area contributed by atoms with Crippen LogP contribution in [0.2, 0.25) is 0 Å². The Morgan fingerprint density at radius 1 is 1.00 bits per heavy atom. The number of nitrogens with zero attached hydrogens (tertiary/aromatic N) is 6. The molecule has 188 valence electrons. The summed E-state index contributed by atoms with van der Waals surface area (Å²) in [6.45, 7) is 7.29. The molecule has 0 saturated heterocycles. The molecule has 37 heavy (non-hydrogen) atoms. The number of carbonyl (C=O) groups is 1. The third-order valence-electron chi connectivity index (χ3n) is 6.48. The van der Waals surface area contributed by atoms with Gasteiger partial charge < -0.3 is 9.88 Å². The highest BCUT2D eigenvalue weighted by Gasteiger charge is 2.16. The predicted octanol–water partition coefficient (Wildman–Crippen LogP) is 2.42. The first-order valence-electron chi connectivity index (χ1n) is 12.1. The number of fused-ring (bicyclic) bond motifs is 2. The summed E-state index contributed by atoms with van der Waals surface area (Å²) in [6, 6.07) is 11.4. The smallest absolute Gasteiger partial charge is 0.264 e. The van der Waals surface area contributed by atoms with Gasteiger partial charge in [0.25, 0.3) is 11.5 Å². The van der Waals surface area contributed by atoms with E-state index in [1.807, 2.05) is 45.0 Å². The second-order valence-electron chi connectivity index (χ2n) is 8.95. The zero-order chi connectivity index (χ0) is 26.1. The third-order valence-corrected chi connectivity index (χ3v) is 6.48. The van der Waals surface area contributed by atoms with E-state index in [0.717, 1.165) is 16.8 Å². The molecule has 5 aromatic rings. The number of aryl methyl sites for hydroxylation is 3. The summed E-state index contributed by atoms with van der Waals surface area (Å²) < 4.78 is 4.94. The highest BCUT2D eigenvalue weighted by atomic mass is 16.2. The van der Waals surface area contributed by atoms with E-state index in [4.69, 9.17) is 0 Å². The summed E-state index contributed by atoms with van der Waals surface area (Å²) in [5, 5.41) is 7.91. The van der Waals surface area contributed by atoms with Gasteiger partial charge in [-0.15, -0.1) is 0 Å². The number of amides is 1. The maximum atomic E-state index is 13.0. The Hall–Kier alpha value is -4.60. The monoisotopic (exact) mass is 497 g/mol. The van der Waals surface area contributed by atoms with Crippen LogP contribution < -0.4 is 16.3 Å². The second-order valence-corrected chi connectivity index (χ2v) is 8.95. The van der Waals surface area contributed by atoms with E-state index >= 15 is 0 Å². The lowest BCUT2D eigenvalue weighted by Gasteiger charge is -2.12. The van der Waals surface area contributed by atoms with Crippen molar-refractivity contribution in [2.45, 2.75) is 40.4 Å². The molecule has 1 aromatic carbocycles. The minimum Gasteiger partial charge on any atom is -0.350 e. The number of aromatic nitrogens is 6. The van der Waals surface area contributed by atoms with Crippen LogP contribution in [0.5, 0.6) is 0 Å². The third kappa shape index (κ3) is 4.53. The van der Waals surface area contributed by atoms with Crippen molar-refractivity contribution in [3.63, 3.8) is 0 Å². The van der Waals surface area contributed by atoms with Crippen LogP contribution >= 0.6 is 0 Å². The number of carbonyl (C=O) groups excluding carboxylic acids is 1. The van der Waals surface area contributed by atoms with Crippen LogP contribution in [-0.2, 0) is 19.6 Å². The number of hydrogen-bond donors (Lipinski definition) is 1. The molecule has 10 nitrogen and oxygen atoms in total. The lowest BCUT2D eigenvalue weighted by atomic mass is 10.1. The van der Waals surface area contributed by atoms with Gasteiger partial charge in [0.1, 0.15) is 22.9 Å². The zero-order valence-electron chi connectivity index (χ0n) is 20.9. The molecular weight excluding hydrogens is 470 g/mol. The molecule has 0 aliphatic rings. The van der Waals surface area contributed by atoms with E-state index in [2.05, 4.69) is 20.4 Å². The average Bonchev–Trinajstić information content (AvgIpc) is 3.30. The number of rotatable bonds is 7. The summed E-state index contributed by atoms with van der Waals surface area (Å²) in [4.78, 5) is 47.8. The first-order chi connectivity index (χ1) is 17.9. The Bertz CT molecular complexity index is 1760. The first-order valence-corrected chi connectivity index (χ1v) is 12.1. The van der Waals surface area contributed by atoms with Crippen LogP contribution in [0.1, 0.15) is 34.1 Å². The lowest BCUT2D eigenvalue weighted by molar-refractivity contribution is 0.0950. The molecule has 4 heterocycles. The highest BCUT2D eigenvalue weighted by Crippen LogP contribution is 2.12. The molecule has 0 radical (unpaired) electrons. The molecule has 0 unspecified atom stereocenters. The van der Waals surface area contributed by atoms with E-state index in [-0.39, 0.29) is 23.1 Å². The van der Waals surface area contributed by atoms with Crippen molar-refractivity contribution >= 4 is 28.0 Å². The Morgan fingerprint density at radius 3 is 2.59 bits per heavy atom. The fraction of sp³-hybridized carbons (Fsp3) is 0.259. The summed E-state index contributed by atoms with van der Waals surface area (Å²) in [6.07, 6.45) is 4.57. The molecule has 0 aliphatic heterocycles. The van der Waals surface area contributed by atoms with Gasteiger partial charge in [-0.1, -0.05) is 24.3 Å². The molecule has 10 heteroatoms. The maximum Gasteiger partial charge on any atom is 0.264 e. The van der Waals surface area contributed by atoms with Crippen molar-refractivity contribution in [3.8, 4) is 0 Å². The van der Waals surface area contributed by atoms with Gasteiger partial charge in [-0.05, 0) is 44.0 Å². The minimum absolute atomic E-state index is 0.0579. The summed E-state index contributed by atoms with van der Waals surface area (Å²) in [5.41, 5.74) is 3.48. The summed E-state index contributed by atoms with van der Waals surface area (Å²) in [5.74, 6) is -0.473. The van der Waals surface area contributed by atoms with E-state index in [1.54, 1.807) is 32.1 Å². The van der Waals surface area contributed by atoms with E-state index in [1.165, 1.54) is 12.5 Å². The largest absolute Gasteiger partial charge is 0.350 e. The Kier molecular flexibility index (Phi) is 6.39. The molecule has 0 atom stereocenters. The van der Waals surface area contributed by atoms with Crippen molar-refractivity contribution in [3.05, 3.63) is 98.1 Å². The molecule has 4 aromatic heterocycles. The Morgan fingerprint density at radius 2 is 1.81 bits per heavy atom. The highest BCUT2D eigenvalue weighted by molar-refractivity contribution is 5.96. The van der Waals surface area contributed by atoms with Crippen molar-refractivity contribution in [2.24, 2.45) is 0 Å². The zero-order valence-corrected chi connectivity index (χ0v) is 20.9. The topological polar surface area (TPSA) is 117 Å². The number of pyridine rings is 2. The van der Waals surface area contributed by atoms with Crippen molar-refractivity contribution in [1.82, 2.24) is 34.2 Å². The van der Waals surface area contributed by atoms with Gasteiger partial charge in [0, 0.05) is 25.0 Å². The van der Waals surface area contributed by atoms with Gasteiger partial charge >= 0.3 is 0 Å². The van der Waals surface area contributed by atoms with Gasteiger partial charge in [-0.3, -0.25) is 19.0 Å². The number of benzene rings is 1. The number of hydrogen-bond acceptors (Lipinski definition) is 6. The van der Waals surface area contributed by atoms with E-state index in [9.17, 15) is 14.4 Å². The molecular formula is C27H27N7O3. The molecule has 0 saturated carbocycles. The molecule has 1 N–H and O–H groups in total. The van der Waals surface area contributed by atoms with E-state index in [0.29, 0.717) is 41.7 Å². The minimum atomic E-state index is -0.473. The van der Waals surface area contributed by atoms with Crippen LogP contribution in [-0.4, -0.2) is 41.3 Å². The molecule has 0 aliphatic carbocycles. The fourth-order valence-electron chi connectivity index (χ4n) is 4.38. The van der Waals surface area contributed by atoms with Crippen LogP contribution in [0.25, 0.3) is 22.1 Å². The standard InChI is InChI=1S/C27H27N7O3/c1-4-32-15-22(23(35)20-10-9-18(3)31-25(20)32)26(36)28-11-12-34-24-21(13-30-34)27(37)33(16-29-24)14-19-8-6-5-7-17(19)2/h5-10,13,15-16H,4,11-12,14H2,1-3H3,(H,28,36). The SMILES string of the molecule is CCn1cc(C(=O)NCCn2ncc3c(=O)n(Cc4ccccc4C)cnc32)c(=O)c2ccc(C)nc21. The van der Waals surface area contributed by atoms with Gasteiger partial charge in [-0.2, -0.15) is 5.10 Å². The van der Waals surface area contributed by atoms with Crippen LogP contribution in [0.3, 0.4) is 0 Å². The van der Waals surface area contributed by atoms with Crippen LogP contribution in [0.4, 0.5) is 0 Å². The predicted molar refractivity (Wildman–Crippen MR) is 141 cm³/mol. The van der Waals surface area contributed by atoms with Gasteiger partial charge in [-0.25, -0.2) is 14.6 Å². The Balaban J connectivity index is 1.33. The lowest BCUT2D eigenvalue weighted by Crippen LogP contribution is -2.32. The number of nitrogens with one attached hydrogen (secondary N) is 1. The second kappa shape index (κ2) is 9.81. The van der Waals surface area contributed by atoms with Crippen LogP contribution in [0, 0.1) is 13.8 Å². The molecule has 0 spiro atoms. The summed E-state index contributed by atoms with van der Waals surface area (Å²) in [7, 11) is 0. The average molecular weight is 498 g/mol. The maximum absolute atomic E-state index is 13.0. The van der Waals surface area contributed by atoms with E-state index < -0.39 is 5.91 Å².